The molecule has 4 aromatic rings. The summed E-state index contributed by atoms with van der Waals surface area (Å²) in [5.74, 6) is 0.120. The van der Waals surface area contributed by atoms with E-state index in [1.54, 1.807) is 30.6 Å². The van der Waals surface area contributed by atoms with E-state index < -0.39 is 5.60 Å². The Morgan fingerprint density at radius 3 is 2.74 bits per heavy atom. The normalized spacial score (nSPS) is 22.6. The number of ether oxygens (including phenoxy) is 1. The Labute approximate surface area is 176 Å². The standard InChI is InChI=1S/C23H18FN5O2/c24-15-3-1-14(2-4-15)20-26-19-8-12-29(28-21(19)27-20)16-5-9-23(10-6-16)18-13-25-11-7-17(18)22(30)31-23/h1-4,7-8,11-13,16H,5-6,9-10H2/p+1. The van der Waals surface area contributed by atoms with Crippen LogP contribution in [0.25, 0.3) is 22.6 Å². The molecule has 6 rings (SSSR count). The minimum Gasteiger partial charge on any atom is -0.450 e. The molecule has 0 bridgehead atoms. The summed E-state index contributed by atoms with van der Waals surface area (Å²) < 4.78 is 21.0. The zero-order valence-corrected chi connectivity index (χ0v) is 16.6. The molecule has 31 heavy (non-hydrogen) atoms. The molecule has 0 unspecified atom stereocenters. The number of nitrogens with one attached hydrogen (secondary N) is 1. The first-order valence-electron chi connectivity index (χ1n) is 10.3. The number of hydrogen-bond acceptors (Lipinski definition) is 5. The van der Waals surface area contributed by atoms with Crippen molar-refractivity contribution < 1.29 is 18.6 Å². The van der Waals surface area contributed by atoms with Gasteiger partial charge in [0.05, 0.1) is 11.1 Å². The molecule has 1 spiro atoms. The smallest absolute Gasteiger partial charge is 0.339 e. The topological polar surface area (TPSA) is 84.6 Å². The number of benzene rings is 1. The number of halogens is 1. The van der Waals surface area contributed by atoms with Crippen LogP contribution in [0.3, 0.4) is 0 Å². The highest BCUT2D eigenvalue weighted by Gasteiger charge is 2.49. The van der Waals surface area contributed by atoms with Gasteiger partial charge in [0.1, 0.15) is 17.2 Å². The molecular formula is C23H19FN5O2+. The molecule has 0 saturated heterocycles. The van der Waals surface area contributed by atoms with Gasteiger partial charge in [0.2, 0.25) is 5.65 Å². The van der Waals surface area contributed by atoms with Crippen molar-refractivity contribution in [3.8, 4) is 11.4 Å². The van der Waals surface area contributed by atoms with E-state index in [0.29, 0.717) is 17.0 Å². The van der Waals surface area contributed by atoms with E-state index in [1.165, 1.54) is 12.1 Å². The number of aromatic nitrogens is 5. The monoisotopic (exact) mass is 416 g/mol. The molecule has 0 atom stereocenters. The molecule has 0 amide bonds. The number of pyridine rings is 1. The number of aromatic amines is 1. The highest BCUT2D eigenvalue weighted by atomic mass is 19.1. The average Bonchev–Trinajstić information content (AvgIpc) is 3.34. The molecule has 4 heterocycles. The van der Waals surface area contributed by atoms with Gasteiger partial charge in [-0.1, -0.05) is 4.68 Å². The SMILES string of the molecule is O=C1OC2(CCC([n+]3ccc4[nH]c(-c5ccc(F)cc5)nc4n3)CC2)c2cnccc21. The molecule has 1 aromatic carbocycles. The quantitative estimate of drug-likeness (QED) is 0.399. The van der Waals surface area contributed by atoms with Crippen LogP contribution in [0, 0.1) is 5.82 Å². The number of esters is 1. The molecule has 1 fully saturated rings. The van der Waals surface area contributed by atoms with Crippen LogP contribution in [0.4, 0.5) is 4.39 Å². The predicted molar refractivity (Wildman–Crippen MR) is 108 cm³/mol. The second-order valence-electron chi connectivity index (χ2n) is 8.16. The largest absolute Gasteiger partial charge is 0.450 e. The fourth-order valence-electron chi connectivity index (χ4n) is 4.74. The summed E-state index contributed by atoms with van der Waals surface area (Å²) in [5, 5.41) is 4.72. The molecule has 1 aliphatic heterocycles. The Balaban J connectivity index is 1.25. The Morgan fingerprint density at radius 2 is 1.94 bits per heavy atom. The highest BCUT2D eigenvalue weighted by molar-refractivity contribution is 5.94. The lowest BCUT2D eigenvalue weighted by molar-refractivity contribution is -0.778. The van der Waals surface area contributed by atoms with Crippen molar-refractivity contribution in [2.75, 3.05) is 0 Å². The van der Waals surface area contributed by atoms with Gasteiger partial charge >= 0.3 is 5.97 Å². The molecule has 1 aliphatic carbocycles. The lowest BCUT2D eigenvalue weighted by atomic mass is 9.78. The summed E-state index contributed by atoms with van der Waals surface area (Å²) in [6.07, 6.45) is 8.47. The van der Waals surface area contributed by atoms with E-state index in [2.05, 4.69) is 15.0 Å². The predicted octanol–water partition coefficient (Wildman–Crippen LogP) is 3.63. The van der Waals surface area contributed by atoms with E-state index in [-0.39, 0.29) is 17.8 Å². The third kappa shape index (κ3) is 2.90. The van der Waals surface area contributed by atoms with Crippen LogP contribution in [0.15, 0.2) is 55.0 Å². The molecule has 7 nitrogen and oxygen atoms in total. The number of carbonyl (C=O) groups is 1. The maximum atomic E-state index is 13.2. The van der Waals surface area contributed by atoms with Crippen molar-refractivity contribution in [1.82, 2.24) is 20.1 Å². The van der Waals surface area contributed by atoms with Gasteiger partial charge in [0, 0.05) is 47.5 Å². The van der Waals surface area contributed by atoms with Crippen LogP contribution in [0.1, 0.15) is 47.6 Å². The third-order valence-electron chi connectivity index (χ3n) is 6.39. The number of carbonyl (C=O) groups excluding carboxylic acids is 1. The first-order chi connectivity index (χ1) is 15.1. The van der Waals surface area contributed by atoms with Gasteiger partial charge in [-0.2, -0.15) is 0 Å². The van der Waals surface area contributed by atoms with Crippen molar-refractivity contribution in [1.29, 1.82) is 0 Å². The Hall–Kier alpha value is -3.68. The van der Waals surface area contributed by atoms with Crippen LogP contribution in [0.2, 0.25) is 0 Å². The van der Waals surface area contributed by atoms with Crippen molar-refractivity contribution in [2.24, 2.45) is 0 Å². The molecule has 0 radical (unpaired) electrons. The molecular weight excluding hydrogens is 397 g/mol. The fourth-order valence-corrected chi connectivity index (χ4v) is 4.74. The van der Waals surface area contributed by atoms with Gasteiger partial charge in [-0.25, -0.2) is 14.2 Å². The molecule has 1 saturated carbocycles. The van der Waals surface area contributed by atoms with Crippen LogP contribution in [-0.4, -0.2) is 26.0 Å². The minimum atomic E-state index is -0.566. The van der Waals surface area contributed by atoms with E-state index >= 15 is 0 Å². The van der Waals surface area contributed by atoms with E-state index in [0.717, 1.165) is 42.3 Å². The van der Waals surface area contributed by atoms with Gasteiger partial charge < -0.3 is 9.72 Å². The fraction of sp³-hybridized carbons (Fsp3) is 0.261. The summed E-state index contributed by atoms with van der Waals surface area (Å²) in [7, 11) is 0. The van der Waals surface area contributed by atoms with Gasteiger partial charge in [0.15, 0.2) is 12.2 Å². The summed E-state index contributed by atoms with van der Waals surface area (Å²) in [5.41, 5.74) is 3.22. The lowest BCUT2D eigenvalue weighted by Crippen LogP contribution is -2.47. The summed E-state index contributed by atoms with van der Waals surface area (Å²) in [6, 6.07) is 10.1. The number of nitrogens with zero attached hydrogens (tertiary/aromatic N) is 4. The zero-order chi connectivity index (χ0) is 21.0. The number of H-pyrrole nitrogens is 1. The van der Waals surface area contributed by atoms with E-state index in [4.69, 9.17) is 9.84 Å². The Bertz CT molecular complexity index is 1310. The molecule has 8 heteroatoms. The minimum absolute atomic E-state index is 0.195. The van der Waals surface area contributed by atoms with Crippen LogP contribution >= 0.6 is 0 Å². The lowest BCUT2D eigenvalue weighted by Gasteiger charge is -2.33. The maximum absolute atomic E-state index is 13.2. The van der Waals surface area contributed by atoms with E-state index in [1.807, 2.05) is 16.9 Å². The van der Waals surface area contributed by atoms with Crippen molar-refractivity contribution in [2.45, 2.75) is 37.3 Å². The number of rotatable bonds is 2. The summed E-state index contributed by atoms with van der Waals surface area (Å²) in [6.45, 7) is 0. The van der Waals surface area contributed by atoms with Crippen molar-refractivity contribution in [3.63, 3.8) is 0 Å². The second-order valence-corrected chi connectivity index (χ2v) is 8.16. The Kier molecular flexibility index (Phi) is 3.89. The zero-order valence-electron chi connectivity index (χ0n) is 16.6. The summed E-state index contributed by atoms with van der Waals surface area (Å²) in [4.78, 5) is 24.3. The van der Waals surface area contributed by atoms with Crippen LogP contribution in [0.5, 0.6) is 0 Å². The second kappa shape index (κ2) is 6.66. The maximum Gasteiger partial charge on any atom is 0.339 e. The molecule has 154 valence electrons. The van der Waals surface area contributed by atoms with Crippen LogP contribution < -0.4 is 4.68 Å². The first kappa shape index (κ1) is 18.1. The van der Waals surface area contributed by atoms with Crippen molar-refractivity contribution in [3.05, 3.63) is 71.9 Å². The van der Waals surface area contributed by atoms with Crippen LogP contribution in [-0.2, 0) is 10.3 Å². The molecule has 1 N–H and O–H groups in total. The molecule has 3 aromatic heterocycles. The molecule has 2 aliphatic rings. The van der Waals surface area contributed by atoms with Gasteiger partial charge in [-0.05, 0) is 43.2 Å². The van der Waals surface area contributed by atoms with E-state index in [9.17, 15) is 9.18 Å². The number of hydrogen-bond donors (Lipinski definition) is 1. The number of fused-ring (bicyclic) bond motifs is 3. The van der Waals surface area contributed by atoms with Gasteiger partial charge in [-0.3, -0.25) is 4.98 Å². The van der Waals surface area contributed by atoms with Gasteiger partial charge in [-0.15, -0.1) is 0 Å². The Morgan fingerprint density at radius 1 is 1.13 bits per heavy atom. The first-order valence-corrected chi connectivity index (χ1v) is 10.3. The summed E-state index contributed by atoms with van der Waals surface area (Å²) >= 11 is 0. The van der Waals surface area contributed by atoms with Gasteiger partial charge in [0.25, 0.3) is 0 Å². The highest BCUT2D eigenvalue weighted by Crippen LogP contribution is 2.47. The number of imidazole rings is 1. The average molecular weight is 416 g/mol. The van der Waals surface area contributed by atoms with Crippen molar-refractivity contribution >= 4 is 17.1 Å². The third-order valence-corrected chi connectivity index (χ3v) is 6.39.